The molecule has 6 heteroatoms. The summed E-state index contributed by atoms with van der Waals surface area (Å²) in [5, 5.41) is 4.88. The van der Waals surface area contributed by atoms with Crippen LogP contribution in [0.1, 0.15) is 16.1 Å². The van der Waals surface area contributed by atoms with Crippen LogP contribution in [0, 0.1) is 0 Å². The number of hydrogen-bond acceptors (Lipinski definition) is 5. The number of carbonyl (C=O) groups is 1. The lowest BCUT2D eigenvalue weighted by Gasteiger charge is -2.05. The summed E-state index contributed by atoms with van der Waals surface area (Å²) >= 11 is 1.47. The Kier molecular flexibility index (Phi) is 4.63. The SMILES string of the molecule is NC(=O)c1cccc(NCc2ccc(Sc3ccccn3)o2)c1. The number of rotatable bonds is 6. The van der Waals surface area contributed by atoms with Crippen molar-refractivity contribution in [2.45, 2.75) is 16.7 Å². The Morgan fingerprint density at radius 1 is 1.17 bits per heavy atom. The van der Waals surface area contributed by atoms with E-state index < -0.39 is 5.91 Å². The Morgan fingerprint density at radius 3 is 2.87 bits per heavy atom. The standard InChI is InChI=1S/C17H15N3O2S/c18-17(21)12-4-3-5-13(10-12)20-11-14-7-8-16(22-14)23-15-6-1-2-9-19-15/h1-10,20H,11H2,(H2,18,21). The molecule has 0 unspecified atom stereocenters. The second kappa shape index (κ2) is 7.02. The molecular formula is C17H15N3O2S. The van der Waals surface area contributed by atoms with Crippen LogP contribution in [-0.2, 0) is 6.54 Å². The van der Waals surface area contributed by atoms with Crippen LogP contribution in [0.25, 0.3) is 0 Å². The first-order valence-electron chi connectivity index (χ1n) is 7.02. The number of carbonyl (C=O) groups excluding carboxylic acids is 1. The molecular weight excluding hydrogens is 310 g/mol. The predicted octanol–water partition coefficient (Wildman–Crippen LogP) is 3.54. The number of pyridine rings is 1. The molecule has 0 saturated heterocycles. The van der Waals surface area contributed by atoms with Crippen molar-refractivity contribution >= 4 is 23.4 Å². The molecule has 0 aliphatic carbocycles. The highest BCUT2D eigenvalue weighted by Crippen LogP contribution is 2.27. The van der Waals surface area contributed by atoms with Gasteiger partial charge in [-0.25, -0.2) is 4.98 Å². The zero-order chi connectivity index (χ0) is 16.1. The third-order valence-corrected chi connectivity index (χ3v) is 3.96. The Balaban J connectivity index is 1.61. The van der Waals surface area contributed by atoms with E-state index in [4.69, 9.17) is 10.2 Å². The number of nitrogens with zero attached hydrogens (tertiary/aromatic N) is 1. The zero-order valence-corrected chi connectivity index (χ0v) is 13.0. The van der Waals surface area contributed by atoms with E-state index in [-0.39, 0.29) is 0 Å². The highest BCUT2D eigenvalue weighted by molar-refractivity contribution is 7.99. The van der Waals surface area contributed by atoms with E-state index in [0.717, 1.165) is 21.6 Å². The molecule has 3 N–H and O–H groups in total. The second-order valence-corrected chi connectivity index (χ2v) is 5.81. The number of hydrogen-bond donors (Lipinski definition) is 2. The Hall–Kier alpha value is -2.73. The molecule has 0 atom stereocenters. The van der Waals surface area contributed by atoms with E-state index in [1.54, 1.807) is 24.4 Å². The summed E-state index contributed by atoms with van der Waals surface area (Å²) in [7, 11) is 0. The number of nitrogens with one attached hydrogen (secondary N) is 1. The van der Waals surface area contributed by atoms with Crippen LogP contribution in [-0.4, -0.2) is 10.9 Å². The number of aromatic nitrogens is 1. The molecule has 0 aliphatic heterocycles. The van der Waals surface area contributed by atoms with Gasteiger partial charge >= 0.3 is 0 Å². The lowest BCUT2D eigenvalue weighted by Crippen LogP contribution is -2.11. The number of primary amides is 1. The van der Waals surface area contributed by atoms with Crippen molar-refractivity contribution in [3.63, 3.8) is 0 Å². The summed E-state index contributed by atoms with van der Waals surface area (Å²) in [5.41, 5.74) is 6.56. The minimum atomic E-state index is -0.444. The highest BCUT2D eigenvalue weighted by atomic mass is 32.2. The van der Waals surface area contributed by atoms with Crippen molar-refractivity contribution in [3.8, 4) is 0 Å². The van der Waals surface area contributed by atoms with Gasteiger partial charge in [0, 0.05) is 17.4 Å². The zero-order valence-electron chi connectivity index (χ0n) is 12.2. The molecule has 116 valence electrons. The molecule has 2 aromatic heterocycles. The van der Waals surface area contributed by atoms with Crippen LogP contribution in [0.3, 0.4) is 0 Å². The minimum Gasteiger partial charge on any atom is -0.453 e. The molecule has 3 aromatic rings. The van der Waals surface area contributed by atoms with Crippen molar-refractivity contribution in [1.29, 1.82) is 0 Å². The maximum atomic E-state index is 11.2. The van der Waals surface area contributed by atoms with Gasteiger partial charge in [0.1, 0.15) is 10.8 Å². The van der Waals surface area contributed by atoms with Gasteiger partial charge in [-0.3, -0.25) is 4.79 Å². The Labute approximate surface area is 137 Å². The number of amides is 1. The molecule has 0 fully saturated rings. The number of benzene rings is 1. The monoisotopic (exact) mass is 325 g/mol. The van der Waals surface area contributed by atoms with Gasteiger partial charge in [-0.15, -0.1) is 0 Å². The van der Waals surface area contributed by atoms with E-state index >= 15 is 0 Å². The Bertz CT molecular complexity index is 802. The first kappa shape index (κ1) is 15.2. The van der Waals surface area contributed by atoms with Crippen LogP contribution in [0.15, 0.2) is 75.3 Å². The third-order valence-electron chi connectivity index (χ3n) is 3.09. The molecule has 0 saturated carbocycles. The van der Waals surface area contributed by atoms with Crippen LogP contribution < -0.4 is 11.1 Å². The van der Waals surface area contributed by atoms with Crippen LogP contribution in [0.4, 0.5) is 5.69 Å². The minimum absolute atomic E-state index is 0.444. The largest absolute Gasteiger partial charge is 0.453 e. The smallest absolute Gasteiger partial charge is 0.248 e. The van der Waals surface area contributed by atoms with Gasteiger partial charge in [0.15, 0.2) is 5.09 Å². The van der Waals surface area contributed by atoms with Crippen molar-refractivity contribution in [2.75, 3.05) is 5.32 Å². The average molecular weight is 325 g/mol. The van der Waals surface area contributed by atoms with E-state index in [0.29, 0.717) is 12.1 Å². The van der Waals surface area contributed by atoms with Gasteiger partial charge in [-0.2, -0.15) is 0 Å². The molecule has 23 heavy (non-hydrogen) atoms. The van der Waals surface area contributed by atoms with Gasteiger partial charge < -0.3 is 15.5 Å². The molecule has 3 rings (SSSR count). The molecule has 0 spiro atoms. The van der Waals surface area contributed by atoms with Gasteiger partial charge in [-0.1, -0.05) is 12.1 Å². The fraction of sp³-hybridized carbons (Fsp3) is 0.0588. The summed E-state index contributed by atoms with van der Waals surface area (Å²) in [4.78, 5) is 15.4. The van der Waals surface area contributed by atoms with Crippen molar-refractivity contribution in [2.24, 2.45) is 5.73 Å². The van der Waals surface area contributed by atoms with Crippen molar-refractivity contribution in [1.82, 2.24) is 4.98 Å². The first-order valence-corrected chi connectivity index (χ1v) is 7.84. The lowest BCUT2D eigenvalue weighted by atomic mass is 10.2. The van der Waals surface area contributed by atoms with E-state index in [1.165, 1.54) is 11.8 Å². The highest BCUT2D eigenvalue weighted by Gasteiger charge is 2.06. The third kappa shape index (κ3) is 4.14. The fourth-order valence-corrected chi connectivity index (χ4v) is 2.74. The number of nitrogens with two attached hydrogens (primary N) is 1. The van der Waals surface area contributed by atoms with Gasteiger partial charge in [0.2, 0.25) is 5.91 Å². The van der Waals surface area contributed by atoms with E-state index in [1.807, 2.05) is 36.4 Å². The fourth-order valence-electron chi connectivity index (χ4n) is 1.99. The van der Waals surface area contributed by atoms with Crippen molar-refractivity contribution in [3.05, 3.63) is 72.1 Å². The van der Waals surface area contributed by atoms with E-state index in [9.17, 15) is 4.79 Å². The Morgan fingerprint density at radius 2 is 2.09 bits per heavy atom. The van der Waals surface area contributed by atoms with Gasteiger partial charge in [-0.05, 0) is 54.2 Å². The van der Waals surface area contributed by atoms with Crippen molar-refractivity contribution < 1.29 is 9.21 Å². The molecule has 1 aromatic carbocycles. The summed E-state index contributed by atoms with van der Waals surface area (Å²) in [6.07, 6.45) is 1.75. The number of furan rings is 1. The lowest BCUT2D eigenvalue weighted by molar-refractivity contribution is 0.100. The van der Waals surface area contributed by atoms with Crippen LogP contribution in [0.5, 0.6) is 0 Å². The number of anilines is 1. The summed E-state index contributed by atoms with van der Waals surface area (Å²) in [5.74, 6) is 0.355. The quantitative estimate of drug-likeness (QED) is 0.724. The molecule has 0 radical (unpaired) electrons. The second-order valence-electron chi connectivity index (χ2n) is 4.79. The maximum Gasteiger partial charge on any atom is 0.248 e. The summed E-state index contributed by atoms with van der Waals surface area (Å²) < 4.78 is 5.76. The molecule has 0 aliphatic rings. The predicted molar refractivity (Wildman–Crippen MR) is 89.4 cm³/mol. The first-order chi connectivity index (χ1) is 11.2. The normalized spacial score (nSPS) is 10.4. The summed E-state index contributed by atoms with van der Waals surface area (Å²) in [6.45, 7) is 0.519. The topological polar surface area (TPSA) is 81.2 Å². The molecule has 1 amide bonds. The van der Waals surface area contributed by atoms with Crippen LogP contribution >= 0.6 is 11.8 Å². The molecule has 5 nitrogen and oxygen atoms in total. The van der Waals surface area contributed by atoms with E-state index in [2.05, 4.69) is 10.3 Å². The molecule has 0 bridgehead atoms. The summed E-state index contributed by atoms with van der Waals surface area (Å²) in [6, 6.07) is 16.6. The average Bonchev–Trinajstić information content (AvgIpc) is 3.01. The molecule has 2 heterocycles. The van der Waals surface area contributed by atoms with Gasteiger partial charge in [0.25, 0.3) is 0 Å². The van der Waals surface area contributed by atoms with Gasteiger partial charge in [0.05, 0.1) is 6.54 Å². The van der Waals surface area contributed by atoms with Crippen LogP contribution in [0.2, 0.25) is 0 Å². The maximum absolute atomic E-state index is 11.2.